The number of carbonyl (C=O) groups excluding carboxylic acids is 1. The zero-order chi connectivity index (χ0) is 30.8. The molecular formula is C34H32N4O6. The number of fused-ring (bicyclic) bond motifs is 2. The molecule has 0 bridgehead atoms. The summed E-state index contributed by atoms with van der Waals surface area (Å²) in [4.78, 5) is 38.7. The van der Waals surface area contributed by atoms with Crippen molar-refractivity contribution in [3.8, 4) is 5.69 Å². The Morgan fingerprint density at radius 1 is 0.909 bits per heavy atom. The van der Waals surface area contributed by atoms with Crippen molar-refractivity contribution < 1.29 is 25.1 Å². The van der Waals surface area contributed by atoms with E-state index in [4.69, 9.17) is 10.5 Å². The molecule has 1 aromatic heterocycles. The fourth-order valence-electron chi connectivity index (χ4n) is 5.79. The number of hydrogen-bond donors (Lipinski definition) is 2. The maximum absolute atomic E-state index is 14.1. The van der Waals surface area contributed by atoms with E-state index in [0.717, 1.165) is 30.5 Å². The summed E-state index contributed by atoms with van der Waals surface area (Å²) in [6, 6.07) is 20.1. The maximum Gasteiger partial charge on any atom is 0.282 e. The molecule has 2 N–H and O–H groups in total. The molecule has 2 aliphatic heterocycles. The first kappa shape index (κ1) is 29.2. The van der Waals surface area contributed by atoms with Crippen LogP contribution in [-0.2, 0) is 29.4 Å². The number of amides is 1. The number of aryl methyl sites for hydroxylation is 1. The summed E-state index contributed by atoms with van der Waals surface area (Å²) in [5.74, 6) is -0.361. The molecule has 224 valence electrons. The highest BCUT2D eigenvalue weighted by molar-refractivity contribution is 6.08. The number of anilines is 2. The van der Waals surface area contributed by atoms with Crippen LogP contribution in [0.2, 0.25) is 0 Å². The first-order chi connectivity index (χ1) is 21.4. The highest BCUT2D eigenvalue weighted by atomic mass is 17.1. The summed E-state index contributed by atoms with van der Waals surface area (Å²) >= 11 is 0. The Bertz CT molecular complexity index is 1930. The van der Waals surface area contributed by atoms with E-state index in [9.17, 15) is 9.59 Å². The quantitative estimate of drug-likeness (QED) is 0.233. The number of benzene rings is 3. The van der Waals surface area contributed by atoms with E-state index in [-0.39, 0.29) is 30.2 Å². The second kappa shape index (κ2) is 12.4. The molecule has 0 saturated carbocycles. The number of hydrogen-bond acceptors (Lipinski definition) is 8. The van der Waals surface area contributed by atoms with Crippen molar-refractivity contribution in [3.05, 3.63) is 127 Å². The largest absolute Gasteiger partial charge is 0.374 e. The van der Waals surface area contributed by atoms with Gasteiger partial charge in [0, 0.05) is 24.5 Å². The zero-order valence-corrected chi connectivity index (χ0v) is 24.4. The standard InChI is InChI=1S/C34H32N4O6/c1-22-29(7-3-5-23-12-17-30-26(19-23)6-4-18-36(30)2)33(39)37(27-13-8-24(9-14-27)20-43-41)32-31(22)34(40)38(35-32)28-15-10-25(11-16-28)21-44-42/h3,5,7-17,19,41-42H,4,6,18,20-21H2,1-2H3/b5-3+,29-7+. The van der Waals surface area contributed by atoms with Crippen molar-refractivity contribution in [2.24, 2.45) is 5.10 Å². The molecule has 3 aromatic carbocycles. The molecule has 2 aliphatic rings. The van der Waals surface area contributed by atoms with Crippen LogP contribution in [0, 0.1) is 6.92 Å². The highest BCUT2D eigenvalue weighted by Gasteiger charge is 2.31. The molecule has 10 heteroatoms. The van der Waals surface area contributed by atoms with Crippen molar-refractivity contribution in [3.63, 3.8) is 0 Å². The Morgan fingerprint density at radius 2 is 1.57 bits per heavy atom. The van der Waals surface area contributed by atoms with E-state index in [2.05, 4.69) is 45.0 Å². The van der Waals surface area contributed by atoms with E-state index >= 15 is 0 Å². The van der Waals surface area contributed by atoms with Crippen LogP contribution in [0.1, 0.15) is 44.6 Å². The lowest BCUT2D eigenvalue weighted by Gasteiger charge is -2.27. The molecule has 0 unspecified atom stereocenters. The smallest absolute Gasteiger partial charge is 0.282 e. The first-order valence-electron chi connectivity index (χ1n) is 14.3. The van der Waals surface area contributed by atoms with Gasteiger partial charge in [0.25, 0.3) is 11.5 Å². The van der Waals surface area contributed by atoms with Crippen LogP contribution in [0.5, 0.6) is 0 Å². The van der Waals surface area contributed by atoms with Crippen molar-refractivity contribution in [1.29, 1.82) is 0 Å². The van der Waals surface area contributed by atoms with Crippen LogP contribution < -0.4 is 26.2 Å². The molecule has 0 radical (unpaired) electrons. The summed E-state index contributed by atoms with van der Waals surface area (Å²) in [6.07, 6.45) is 7.69. The predicted octanol–water partition coefficient (Wildman–Crippen LogP) is 4.20. The Kier molecular flexibility index (Phi) is 8.23. The van der Waals surface area contributed by atoms with Crippen LogP contribution >= 0.6 is 0 Å². The normalized spacial score (nSPS) is 14.7. The van der Waals surface area contributed by atoms with Gasteiger partial charge in [0.15, 0.2) is 5.49 Å². The third-order valence-electron chi connectivity index (χ3n) is 8.09. The molecule has 0 atom stereocenters. The van der Waals surface area contributed by atoms with Crippen molar-refractivity contribution in [2.75, 3.05) is 23.5 Å². The van der Waals surface area contributed by atoms with Gasteiger partial charge < -0.3 is 4.90 Å². The number of aromatic nitrogens is 1. The fourth-order valence-corrected chi connectivity index (χ4v) is 5.79. The molecule has 4 aromatic rings. The van der Waals surface area contributed by atoms with Crippen molar-refractivity contribution in [1.82, 2.24) is 4.57 Å². The first-order valence-corrected chi connectivity index (χ1v) is 14.3. The van der Waals surface area contributed by atoms with E-state index in [1.54, 1.807) is 61.5 Å². The van der Waals surface area contributed by atoms with Crippen molar-refractivity contribution in [2.45, 2.75) is 33.0 Å². The predicted molar refractivity (Wildman–Crippen MR) is 167 cm³/mol. The van der Waals surface area contributed by atoms with Gasteiger partial charge in [-0.15, -0.1) is 5.10 Å². The fraction of sp³-hybridized carbons (Fsp3) is 0.206. The highest BCUT2D eigenvalue weighted by Crippen LogP contribution is 2.27. The molecule has 0 aliphatic carbocycles. The van der Waals surface area contributed by atoms with Gasteiger partial charge in [0.2, 0.25) is 0 Å². The van der Waals surface area contributed by atoms with Crippen molar-refractivity contribution >= 4 is 29.4 Å². The molecule has 0 fully saturated rings. The van der Waals surface area contributed by atoms with Gasteiger partial charge in [0.05, 0.1) is 16.9 Å². The molecule has 0 saturated heterocycles. The van der Waals surface area contributed by atoms with Gasteiger partial charge in [-0.05, 0) is 90.1 Å². The average Bonchev–Trinajstić information content (AvgIpc) is 3.37. The number of nitrogens with zero attached hydrogens (tertiary/aromatic N) is 4. The van der Waals surface area contributed by atoms with Crippen LogP contribution in [0.15, 0.2) is 82.7 Å². The Hall–Kier alpha value is -4.87. The minimum Gasteiger partial charge on any atom is -0.374 e. The van der Waals surface area contributed by atoms with E-state index in [1.165, 1.54) is 20.8 Å². The maximum atomic E-state index is 14.1. The minimum absolute atomic E-state index is 0.00204. The number of pyridine rings is 1. The summed E-state index contributed by atoms with van der Waals surface area (Å²) < 4.78 is 1.44. The van der Waals surface area contributed by atoms with Crippen LogP contribution in [-0.4, -0.2) is 34.6 Å². The second-order valence-corrected chi connectivity index (χ2v) is 10.9. The molecule has 44 heavy (non-hydrogen) atoms. The van der Waals surface area contributed by atoms with Gasteiger partial charge >= 0.3 is 0 Å². The average molecular weight is 593 g/mol. The van der Waals surface area contributed by atoms with E-state index in [1.807, 2.05) is 12.2 Å². The molecular weight excluding hydrogens is 560 g/mol. The monoisotopic (exact) mass is 592 g/mol. The second-order valence-electron chi connectivity index (χ2n) is 10.9. The summed E-state index contributed by atoms with van der Waals surface area (Å²) in [6.45, 7) is 2.82. The zero-order valence-electron chi connectivity index (χ0n) is 24.4. The summed E-state index contributed by atoms with van der Waals surface area (Å²) in [7, 11) is 2.10. The van der Waals surface area contributed by atoms with Crippen LogP contribution in [0.25, 0.3) is 17.8 Å². The SMILES string of the molecule is Cc1c2c(n(-c3ccc(COO)cc3)c(=O)/c1=C/C=C/c1ccc3c(c1)CCCN3C)=NN(c1ccc(COO)cc1)C2=O. The molecule has 10 nitrogen and oxygen atoms in total. The van der Waals surface area contributed by atoms with Gasteiger partial charge in [-0.3, -0.25) is 24.7 Å². The Balaban J connectivity index is 1.46. The number of allylic oxidation sites excluding steroid dienone is 1. The number of carbonyl (C=O) groups is 1. The molecule has 3 heterocycles. The van der Waals surface area contributed by atoms with Gasteiger partial charge in [-0.25, -0.2) is 9.78 Å². The third kappa shape index (κ3) is 5.47. The third-order valence-corrected chi connectivity index (χ3v) is 8.09. The molecule has 0 spiro atoms. The lowest BCUT2D eigenvalue weighted by Crippen LogP contribution is -2.45. The van der Waals surface area contributed by atoms with E-state index < -0.39 is 0 Å². The van der Waals surface area contributed by atoms with E-state index in [0.29, 0.717) is 33.3 Å². The molecule has 1 amide bonds. The van der Waals surface area contributed by atoms with Gasteiger partial charge in [0.1, 0.15) is 13.2 Å². The minimum atomic E-state index is -0.361. The van der Waals surface area contributed by atoms with Gasteiger partial charge in [-0.2, -0.15) is 5.01 Å². The van der Waals surface area contributed by atoms with Gasteiger partial charge in [-0.1, -0.05) is 42.5 Å². The lowest BCUT2D eigenvalue weighted by molar-refractivity contribution is -0.253. The van der Waals surface area contributed by atoms with Crippen LogP contribution in [0.3, 0.4) is 0 Å². The lowest BCUT2D eigenvalue weighted by atomic mass is 9.99. The summed E-state index contributed by atoms with van der Waals surface area (Å²) in [5.41, 5.74) is 6.79. The Labute approximate surface area is 253 Å². The summed E-state index contributed by atoms with van der Waals surface area (Å²) in [5, 5.41) is 23.9. The number of rotatable bonds is 8. The topological polar surface area (TPSA) is 117 Å². The molecule has 6 rings (SSSR count). The van der Waals surface area contributed by atoms with Crippen LogP contribution in [0.4, 0.5) is 11.4 Å². The Morgan fingerprint density at radius 3 is 2.23 bits per heavy atom.